The Morgan fingerprint density at radius 2 is 2.05 bits per heavy atom. The zero-order valence-electron chi connectivity index (χ0n) is 10.6. The molecular weight excluding hydrogens is 254 g/mol. The van der Waals surface area contributed by atoms with Crippen molar-refractivity contribution in [1.82, 2.24) is 9.97 Å². The number of aromatic amines is 1. The molecule has 1 atom stereocenters. The van der Waals surface area contributed by atoms with Crippen molar-refractivity contribution >= 4 is 22.7 Å². The van der Waals surface area contributed by atoms with Gasteiger partial charge in [-0.3, -0.25) is 0 Å². The van der Waals surface area contributed by atoms with Gasteiger partial charge in [-0.1, -0.05) is 36.0 Å². The van der Waals surface area contributed by atoms with E-state index < -0.39 is 0 Å². The van der Waals surface area contributed by atoms with Crippen LogP contribution in [0.15, 0.2) is 58.7 Å². The van der Waals surface area contributed by atoms with Crippen LogP contribution in [0.25, 0.3) is 10.9 Å². The highest BCUT2D eigenvalue weighted by Gasteiger charge is 2.04. The molecule has 0 radical (unpaired) electrons. The Hall–Kier alpha value is -1.78. The summed E-state index contributed by atoms with van der Waals surface area (Å²) in [6, 6.07) is 14.5. The molecule has 0 aliphatic heterocycles. The van der Waals surface area contributed by atoms with Crippen LogP contribution in [0.1, 0.15) is 18.5 Å². The van der Waals surface area contributed by atoms with Crippen LogP contribution >= 0.6 is 11.8 Å². The van der Waals surface area contributed by atoms with E-state index in [2.05, 4.69) is 28.2 Å². The van der Waals surface area contributed by atoms with Crippen LogP contribution in [0.2, 0.25) is 0 Å². The van der Waals surface area contributed by atoms with E-state index in [0.29, 0.717) is 0 Å². The van der Waals surface area contributed by atoms with Gasteiger partial charge in [0.05, 0.1) is 5.03 Å². The van der Waals surface area contributed by atoms with Crippen LogP contribution in [0.3, 0.4) is 0 Å². The number of rotatable bonds is 3. The molecule has 0 aliphatic carbocycles. The number of para-hydroxylation sites is 1. The second-order valence-corrected chi connectivity index (χ2v) is 5.60. The maximum Gasteiger partial charge on any atom is 0.102 e. The molecule has 0 amide bonds. The lowest BCUT2D eigenvalue weighted by molar-refractivity contribution is 0.806. The summed E-state index contributed by atoms with van der Waals surface area (Å²) < 4.78 is 0. The smallest absolute Gasteiger partial charge is 0.102 e. The zero-order chi connectivity index (χ0) is 13.2. The number of hydrogen-bond acceptors (Lipinski definition) is 3. The minimum Gasteiger partial charge on any atom is -0.349 e. The molecule has 2 heterocycles. The van der Waals surface area contributed by atoms with E-state index in [0.717, 1.165) is 21.1 Å². The maximum atomic E-state index is 5.81. The van der Waals surface area contributed by atoms with E-state index in [9.17, 15) is 0 Å². The van der Waals surface area contributed by atoms with E-state index in [-0.39, 0.29) is 6.04 Å². The fourth-order valence-corrected chi connectivity index (χ4v) is 2.75. The average Bonchev–Trinajstić information content (AvgIpc) is 2.81. The highest BCUT2D eigenvalue weighted by atomic mass is 32.2. The molecule has 0 bridgehead atoms. The van der Waals surface area contributed by atoms with Crippen LogP contribution in [0, 0.1) is 0 Å². The van der Waals surface area contributed by atoms with Gasteiger partial charge in [-0.15, -0.1) is 0 Å². The molecule has 0 aliphatic rings. The molecular formula is C15H15N3S. The van der Waals surface area contributed by atoms with Crippen molar-refractivity contribution < 1.29 is 0 Å². The van der Waals surface area contributed by atoms with E-state index in [1.165, 1.54) is 5.39 Å². The number of hydrogen-bond donors (Lipinski definition) is 2. The van der Waals surface area contributed by atoms with Crippen molar-refractivity contribution in [2.75, 3.05) is 0 Å². The lowest BCUT2D eigenvalue weighted by atomic mass is 10.2. The van der Waals surface area contributed by atoms with Crippen LogP contribution < -0.4 is 5.73 Å². The summed E-state index contributed by atoms with van der Waals surface area (Å²) >= 11 is 1.63. The quantitative estimate of drug-likeness (QED) is 0.761. The van der Waals surface area contributed by atoms with E-state index in [1.54, 1.807) is 11.8 Å². The molecule has 19 heavy (non-hydrogen) atoms. The van der Waals surface area contributed by atoms with Crippen molar-refractivity contribution in [2.24, 2.45) is 5.73 Å². The Labute approximate surface area is 116 Å². The summed E-state index contributed by atoms with van der Waals surface area (Å²) in [5.41, 5.74) is 8.02. The largest absolute Gasteiger partial charge is 0.349 e. The van der Waals surface area contributed by atoms with Crippen LogP contribution in [-0.4, -0.2) is 9.97 Å². The SMILES string of the molecule is C[C@@H](N)c1ccc(Sc2cc3ccccc3[nH]2)nc1. The average molecular weight is 269 g/mol. The molecule has 0 unspecified atom stereocenters. The Morgan fingerprint density at radius 3 is 2.74 bits per heavy atom. The van der Waals surface area contributed by atoms with Gasteiger partial charge in [0.25, 0.3) is 0 Å². The molecule has 3 aromatic rings. The minimum absolute atomic E-state index is 0.0274. The molecule has 3 rings (SSSR count). The second-order valence-electron chi connectivity index (χ2n) is 4.54. The summed E-state index contributed by atoms with van der Waals surface area (Å²) in [6.45, 7) is 1.96. The Balaban J connectivity index is 1.84. The number of nitrogens with one attached hydrogen (secondary N) is 1. The van der Waals surface area contributed by atoms with Gasteiger partial charge in [-0.2, -0.15) is 0 Å². The van der Waals surface area contributed by atoms with Crippen molar-refractivity contribution in [3.63, 3.8) is 0 Å². The lowest BCUT2D eigenvalue weighted by Gasteiger charge is -2.05. The summed E-state index contributed by atoms with van der Waals surface area (Å²) in [5.74, 6) is 0. The molecule has 96 valence electrons. The molecule has 4 heteroatoms. The predicted octanol–water partition coefficient (Wildman–Crippen LogP) is 3.73. The first-order chi connectivity index (χ1) is 9.22. The van der Waals surface area contributed by atoms with Crippen molar-refractivity contribution in [3.8, 4) is 0 Å². The molecule has 2 aromatic heterocycles. The van der Waals surface area contributed by atoms with E-state index >= 15 is 0 Å². The van der Waals surface area contributed by atoms with Gasteiger partial charge in [0.1, 0.15) is 5.03 Å². The number of fused-ring (bicyclic) bond motifs is 1. The number of nitrogens with two attached hydrogens (primary N) is 1. The highest BCUT2D eigenvalue weighted by Crippen LogP contribution is 2.28. The third-order valence-electron chi connectivity index (χ3n) is 3.00. The molecule has 0 fully saturated rings. The van der Waals surface area contributed by atoms with E-state index in [4.69, 9.17) is 5.73 Å². The van der Waals surface area contributed by atoms with Gasteiger partial charge in [0.2, 0.25) is 0 Å². The monoisotopic (exact) mass is 269 g/mol. The summed E-state index contributed by atoms with van der Waals surface area (Å²) in [5, 5.41) is 3.29. The third kappa shape index (κ3) is 2.64. The number of H-pyrrole nitrogens is 1. The maximum absolute atomic E-state index is 5.81. The van der Waals surface area contributed by atoms with Crippen molar-refractivity contribution in [2.45, 2.75) is 23.0 Å². The number of pyridine rings is 1. The molecule has 0 saturated carbocycles. The minimum atomic E-state index is 0.0274. The van der Waals surface area contributed by atoms with Crippen molar-refractivity contribution in [1.29, 1.82) is 0 Å². The van der Waals surface area contributed by atoms with Crippen LogP contribution in [0.5, 0.6) is 0 Å². The van der Waals surface area contributed by atoms with Gasteiger partial charge in [0.15, 0.2) is 0 Å². The standard InChI is InChI=1S/C15H15N3S/c1-10(16)12-6-7-14(17-9-12)19-15-8-11-4-2-3-5-13(11)18-15/h2-10,18H,16H2,1H3/t10-/m1/s1. The number of benzene rings is 1. The Morgan fingerprint density at radius 1 is 1.21 bits per heavy atom. The first-order valence-electron chi connectivity index (χ1n) is 6.19. The molecule has 3 N–H and O–H groups in total. The van der Waals surface area contributed by atoms with Crippen LogP contribution in [0.4, 0.5) is 0 Å². The van der Waals surface area contributed by atoms with Gasteiger partial charge in [0, 0.05) is 23.1 Å². The number of nitrogens with zero attached hydrogens (tertiary/aromatic N) is 1. The summed E-state index contributed by atoms with van der Waals surface area (Å²) in [6.07, 6.45) is 1.84. The lowest BCUT2D eigenvalue weighted by Crippen LogP contribution is -2.04. The fraction of sp³-hybridized carbons (Fsp3) is 0.133. The predicted molar refractivity (Wildman–Crippen MR) is 79.3 cm³/mol. The van der Waals surface area contributed by atoms with Gasteiger partial charge >= 0.3 is 0 Å². The molecule has 1 aromatic carbocycles. The van der Waals surface area contributed by atoms with E-state index in [1.807, 2.05) is 37.4 Å². The molecule has 3 nitrogen and oxygen atoms in total. The fourth-order valence-electron chi connectivity index (χ4n) is 1.94. The normalized spacial score (nSPS) is 12.7. The third-order valence-corrected chi connectivity index (χ3v) is 3.90. The van der Waals surface area contributed by atoms with Gasteiger partial charge in [-0.05, 0) is 30.7 Å². The number of aromatic nitrogens is 2. The van der Waals surface area contributed by atoms with Crippen molar-refractivity contribution in [3.05, 3.63) is 54.2 Å². The second kappa shape index (κ2) is 5.07. The zero-order valence-corrected chi connectivity index (χ0v) is 11.4. The Bertz CT molecular complexity index is 653. The van der Waals surface area contributed by atoms with Crippen LogP contribution in [-0.2, 0) is 0 Å². The van der Waals surface area contributed by atoms with Gasteiger partial charge < -0.3 is 10.7 Å². The van der Waals surface area contributed by atoms with Gasteiger partial charge in [-0.25, -0.2) is 4.98 Å². The molecule has 0 saturated heterocycles. The highest BCUT2D eigenvalue weighted by molar-refractivity contribution is 7.99. The summed E-state index contributed by atoms with van der Waals surface area (Å²) in [7, 11) is 0. The summed E-state index contributed by atoms with van der Waals surface area (Å²) in [4.78, 5) is 7.81. The topological polar surface area (TPSA) is 54.7 Å². The first kappa shape index (κ1) is 12.3. The Kier molecular flexibility index (Phi) is 3.27. The molecule has 0 spiro atoms. The first-order valence-corrected chi connectivity index (χ1v) is 7.01.